The van der Waals surface area contributed by atoms with Gasteiger partial charge in [0.2, 0.25) is 0 Å². The first kappa shape index (κ1) is 23.0. The van der Waals surface area contributed by atoms with E-state index in [1.54, 1.807) is 6.92 Å². The van der Waals surface area contributed by atoms with Crippen molar-refractivity contribution in [3.05, 3.63) is 75.4 Å². The fourth-order valence-corrected chi connectivity index (χ4v) is 4.37. The molecule has 0 aromatic heterocycles. The van der Waals surface area contributed by atoms with E-state index in [1.807, 2.05) is 55.5 Å². The Bertz CT molecular complexity index is 996. The molecule has 0 amide bonds. The fraction of sp³-hybridized carbons (Fsp3) is 0.333. The monoisotopic (exact) mass is 487 g/mol. The maximum atomic E-state index is 13.0. The van der Waals surface area contributed by atoms with Gasteiger partial charge in [0.05, 0.1) is 31.3 Å². The number of hydrogen-bond acceptors (Lipinski definition) is 6. The van der Waals surface area contributed by atoms with Crippen molar-refractivity contribution in [1.82, 2.24) is 0 Å². The average Bonchev–Trinajstić information content (AvgIpc) is 2.74. The second-order valence-corrected chi connectivity index (χ2v) is 8.85. The number of nitrogens with one attached hydrogen (secondary N) is 1. The van der Waals surface area contributed by atoms with E-state index in [4.69, 9.17) is 9.47 Å². The van der Waals surface area contributed by atoms with Crippen LogP contribution in [0.3, 0.4) is 0 Å². The number of rotatable bonds is 5. The first-order valence-electron chi connectivity index (χ1n) is 9.88. The van der Waals surface area contributed by atoms with Crippen molar-refractivity contribution in [2.75, 3.05) is 19.5 Å². The number of carbonyl (C=O) groups excluding carboxylic acids is 2. The molecule has 1 aliphatic carbocycles. The Labute approximate surface area is 190 Å². The highest BCUT2D eigenvalue weighted by atomic mass is 79.9. The van der Waals surface area contributed by atoms with Gasteiger partial charge in [0.15, 0.2) is 0 Å². The van der Waals surface area contributed by atoms with Crippen LogP contribution in [-0.2, 0) is 19.1 Å². The van der Waals surface area contributed by atoms with Gasteiger partial charge in [-0.25, -0.2) is 4.79 Å². The maximum Gasteiger partial charge on any atom is 0.336 e. The van der Waals surface area contributed by atoms with E-state index in [0.717, 1.165) is 15.7 Å². The summed E-state index contributed by atoms with van der Waals surface area (Å²) in [5.74, 6) is -2.90. The van der Waals surface area contributed by atoms with Crippen LogP contribution in [-0.4, -0.2) is 36.9 Å². The number of carbonyl (C=O) groups is 2. The van der Waals surface area contributed by atoms with Crippen LogP contribution in [0.5, 0.6) is 0 Å². The Balaban J connectivity index is 2.23. The molecule has 2 aromatic carbocycles. The van der Waals surface area contributed by atoms with Crippen molar-refractivity contribution in [3.63, 3.8) is 0 Å². The summed E-state index contributed by atoms with van der Waals surface area (Å²) in [7, 11) is 2.58. The molecule has 3 atom stereocenters. The van der Waals surface area contributed by atoms with Crippen LogP contribution in [0.4, 0.5) is 5.69 Å². The highest BCUT2D eigenvalue weighted by Gasteiger charge is 2.52. The van der Waals surface area contributed by atoms with E-state index in [0.29, 0.717) is 16.8 Å². The molecule has 0 aliphatic heterocycles. The zero-order chi connectivity index (χ0) is 22.8. The molecule has 3 rings (SSSR count). The van der Waals surface area contributed by atoms with Gasteiger partial charge in [0.25, 0.3) is 0 Å². The summed E-state index contributed by atoms with van der Waals surface area (Å²) in [5.41, 5.74) is 1.91. The molecule has 6 nitrogen and oxygen atoms in total. The van der Waals surface area contributed by atoms with Gasteiger partial charge in [0.1, 0.15) is 0 Å². The third-order valence-corrected chi connectivity index (χ3v) is 6.14. The minimum absolute atomic E-state index is 0.0537. The van der Waals surface area contributed by atoms with E-state index in [9.17, 15) is 14.7 Å². The zero-order valence-electron chi connectivity index (χ0n) is 17.9. The lowest BCUT2D eigenvalue weighted by atomic mass is 9.66. The molecule has 0 saturated heterocycles. The summed E-state index contributed by atoms with van der Waals surface area (Å²) in [6.07, 6.45) is 0.0537. The number of anilines is 1. The minimum Gasteiger partial charge on any atom is -0.469 e. The molecule has 0 heterocycles. The normalized spacial score (nSPS) is 23.3. The highest BCUT2D eigenvalue weighted by molar-refractivity contribution is 9.10. The van der Waals surface area contributed by atoms with Gasteiger partial charge in [0, 0.05) is 28.2 Å². The van der Waals surface area contributed by atoms with Gasteiger partial charge in [-0.2, -0.15) is 0 Å². The molecule has 0 unspecified atom stereocenters. The predicted molar refractivity (Wildman–Crippen MR) is 121 cm³/mol. The Hall–Kier alpha value is -2.64. The Morgan fingerprint density at radius 3 is 2.23 bits per heavy atom. The van der Waals surface area contributed by atoms with Gasteiger partial charge < -0.3 is 19.9 Å². The lowest BCUT2D eigenvalue weighted by Gasteiger charge is -2.42. The SMILES string of the molecule is COC(=O)C1=C(Nc2ccc(C)cc2)C[C@@](C)(O)[C@@H](C(=O)OC)[C@@H]1c1ccc(Br)cc1. The van der Waals surface area contributed by atoms with E-state index in [1.165, 1.54) is 14.2 Å². The van der Waals surface area contributed by atoms with E-state index < -0.39 is 29.4 Å². The van der Waals surface area contributed by atoms with Crippen LogP contribution >= 0.6 is 15.9 Å². The molecular weight excluding hydrogens is 462 g/mol. The van der Waals surface area contributed by atoms with Crippen molar-refractivity contribution in [2.45, 2.75) is 31.8 Å². The molecule has 0 bridgehead atoms. The second kappa shape index (κ2) is 9.24. The summed E-state index contributed by atoms with van der Waals surface area (Å²) in [6, 6.07) is 15.0. The number of esters is 2. The van der Waals surface area contributed by atoms with Gasteiger partial charge in [-0.3, -0.25) is 4.79 Å². The number of methoxy groups -OCH3 is 2. The van der Waals surface area contributed by atoms with Crippen LogP contribution in [0.1, 0.15) is 30.4 Å². The molecule has 0 radical (unpaired) electrons. The quantitative estimate of drug-likeness (QED) is 0.610. The number of hydrogen-bond donors (Lipinski definition) is 2. The third-order valence-electron chi connectivity index (χ3n) is 5.61. The molecule has 164 valence electrons. The number of benzene rings is 2. The largest absolute Gasteiger partial charge is 0.469 e. The number of aliphatic hydroxyl groups is 1. The van der Waals surface area contributed by atoms with Crippen molar-refractivity contribution < 1.29 is 24.2 Å². The van der Waals surface area contributed by atoms with Crippen LogP contribution < -0.4 is 5.32 Å². The van der Waals surface area contributed by atoms with Crippen molar-refractivity contribution in [1.29, 1.82) is 0 Å². The number of aryl methyl sites for hydroxylation is 1. The van der Waals surface area contributed by atoms with Crippen LogP contribution in [0.2, 0.25) is 0 Å². The highest BCUT2D eigenvalue weighted by Crippen LogP contribution is 2.48. The zero-order valence-corrected chi connectivity index (χ0v) is 19.5. The van der Waals surface area contributed by atoms with Crippen LogP contribution in [0.15, 0.2) is 64.3 Å². The first-order valence-corrected chi connectivity index (χ1v) is 10.7. The van der Waals surface area contributed by atoms with Gasteiger partial charge in [-0.05, 0) is 43.7 Å². The van der Waals surface area contributed by atoms with E-state index >= 15 is 0 Å². The Morgan fingerprint density at radius 1 is 1.06 bits per heavy atom. The summed E-state index contributed by atoms with van der Waals surface area (Å²) in [5, 5.41) is 14.6. The maximum absolute atomic E-state index is 13.0. The van der Waals surface area contributed by atoms with Crippen molar-refractivity contribution in [3.8, 4) is 0 Å². The second-order valence-electron chi connectivity index (χ2n) is 7.94. The Kier molecular flexibility index (Phi) is 6.86. The molecule has 2 aromatic rings. The van der Waals surface area contributed by atoms with Gasteiger partial charge in [-0.1, -0.05) is 45.8 Å². The number of halogens is 1. The molecule has 7 heteroatoms. The minimum atomic E-state index is -1.46. The lowest BCUT2D eigenvalue weighted by Crippen LogP contribution is -2.49. The number of ether oxygens (including phenoxy) is 2. The fourth-order valence-electron chi connectivity index (χ4n) is 4.11. The topological polar surface area (TPSA) is 84.9 Å². The molecule has 1 aliphatic rings. The Morgan fingerprint density at radius 2 is 1.68 bits per heavy atom. The summed E-state index contributed by atoms with van der Waals surface area (Å²) < 4.78 is 11.0. The molecule has 0 saturated carbocycles. The standard InChI is InChI=1S/C24H26BrNO5/c1-14-5-11-17(12-6-14)26-18-13-24(2,29)21(23(28)31-4)19(20(18)22(27)30-3)15-7-9-16(25)10-8-15/h5-12,19,21,26,29H,13H2,1-4H3/t19-,21-,24-/m1/s1. The summed E-state index contributed by atoms with van der Waals surface area (Å²) in [6.45, 7) is 3.57. The van der Waals surface area contributed by atoms with Crippen LogP contribution in [0, 0.1) is 12.8 Å². The van der Waals surface area contributed by atoms with Crippen LogP contribution in [0.25, 0.3) is 0 Å². The van der Waals surface area contributed by atoms with E-state index in [2.05, 4.69) is 21.2 Å². The summed E-state index contributed by atoms with van der Waals surface area (Å²) >= 11 is 3.41. The molecule has 0 fully saturated rings. The average molecular weight is 488 g/mol. The van der Waals surface area contributed by atoms with Crippen molar-refractivity contribution in [2.24, 2.45) is 5.92 Å². The lowest BCUT2D eigenvalue weighted by molar-refractivity contribution is -0.157. The molecular formula is C24H26BrNO5. The van der Waals surface area contributed by atoms with Gasteiger partial charge >= 0.3 is 11.9 Å². The van der Waals surface area contributed by atoms with E-state index in [-0.39, 0.29) is 6.42 Å². The first-order chi connectivity index (χ1) is 14.7. The van der Waals surface area contributed by atoms with Crippen molar-refractivity contribution >= 4 is 33.6 Å². The summed E-state index contributed by atoms with van der Waals surface area (Å²) in [4.78, 5) is 25.8. The molecule has 0 spiro atoms. The third kappa shape index (κ3) is 4.83. The molecule has 2 N–H and O–H groups in total. The van der Waals surface area contributed by atoms with Gasteiger partial charge in [-0.15, -0.1) is 0 Å². The molecule has 31 heavy (non-hydrogen) atoms. The predicted octanol–water partition coefficient (Wildman–Crippen LogP) is 4.32. The smallest absolute Gasteiger partial charge is 0.336 e.